The predicted molar refractivity (Wildman–Crippen MR) is 68.4 cm³/mol. The lowest BCUT2D eigenvalue weighted by Crippen LogP contribution is -2.19. The van der Waals surface area contributed by atoms with Crippen LogP contribution in [0.2, 0.25) is 0 Å². The Balaban J connectivity index is 2.14. The lowest BCUT2D eigenvalue weighted by molar-refractivity contribution is -0.401. The first-order valence-electron chi connectivity index (χ1n) is 6.06. The molecule has 0 aliphatic carbocycles. The Morgan fingerprint density at radius 3 is 2.67 bits per heavy atom. The van der Waals surface area contributed by atoms with Gasteiger partial charge in [0, 0.05) is 6.42 Å². The first kappa shape index (κ1) is 14.7. The molecule has 0 aromatic carbocycles. The van der Waals surface area contributed by atoms with Crippen LogP contribution in [0.3, 0.4) is 0 Å². The number of furan rings is 1. The smallest absolute Gasteiger partial charge is 0.433 e. The SMILES string of the molecule is CC(C)(CC(=O)O)Cc1nnc(-c2ccc([N+](=O)[O-])o2)o1. The van der Waals surface area contributed by atoms with Gasteiger partial charge in [0.2, 0.25) is 5.89 Å². The van der Waals surface area contributed by atoms with Gasteiger partial charge in [-0.15, -0.1) is 10.2 Å². The van der Waals surface area contributed by atoms with Crippen LogP contribution in [0.1, 0.15) is 26.2 Å². The van der Waals surface area contributed by atoms with Crippen LogP contribution >= 0.6 is 0 Å². The van der Waals surface area contributed by atoms with Crippen molar-refractivity contribution in [2.45, 2.75) is 26.7 Å². The van der Waals surface area contributed by atoms with E-state index in [4.69, 9.17) is 13.9 Å². The average molecular weight is 295 g/mol. The van der Waals surface area contributed by atoms with Gasteiger partial charge in [0.15, 0.2) is 5.76 Å². The summed E-state index contributed by atoms with van der Waals surface area (Å²) in [6.45, 7) is 3.53. The van der Waals surface area contributed by atoms with Crippen LogP contribution in [0.5, 0.6) is 0 Å². The third-order valence-electron chi connectivity index (χ3n) is 2.71. The number of carboxylic acids is 1. The van der Waals surface area contributed by atoms with E-state index in [1.165, 1.54) is 12.1 Å². The second-order valence-electron chi connectivity index (χ2n) is 5.31. The first-order chi connectivity index (χ1) is 9.77. The molecule has 21 heavy (non-hydrogen) atoms. The van der Waals surface area contributed by atoms with E-state index in [1.807, 2.05) is 0 Å². The molecule has 2 aromatic heterocycles. The molecule has 2 rings (SSSR count). The van der Waals surface area contributed by atoms with Gasteiger partial charge in [0.05, 0.1) is 12.5 Å². The van der Waals surface area contributed by atoms with E-state index in [-0.39, 0.29) is 30.4 Å². The zero-order valence-electron chi connectivity index (χ0n) is 11.4. The molecule has 2 aromatic rings. The summed E-state index contributed by atoms with van der Waals surface area (Å²) in [6, 6.07) is 2.55. The normalized spacial score (nSPS) is 11.5. The molecule has 0 spiro atoms. The summed E-state index contributed by atoms with van der Waals surface area (Å²) in [5.74, 6) is -0.978. The largest absolute Gasteiger partial charge is 0.481 e. The molecule has 0 fully saturated rings. The maximum atomic E-state index is 10.8. The molecule has 112 valence electrons. The van der Waals surface area contributed by atoms with Crippen molar-refractivity contribution in [3.8, 4) is 11.7 Å². The molecule has 2 heterocycles. The van der Waals surface area contributed by atoms with Crippen molar-refractivity contribution in [1.82, 2.24) is 10.2 Å². The van der Waals surface area contributed by atoms with Gasteiger partial charge >= 0.3 is 11.9 Å². The van der Waals surface area contributed by atoms with E-state index >= 15 is 0 Å². The quantitative estimate of drug-likeness (QED) is 0.633. The van der Waals surface area contributed by atoms with Crippen molar-refractivity contribution in [3.05, 3.63) is 28.1 Å². The van der Waals surface area contributed by atoms with Crippen LogP contribution in [0.4, 0.5) is 5.88 Å². The number of carbonyl (C=O) groups is 1. The van der Waals surface area contributed by atoms with E-state index in [0.29, 0.717) is 0 Å². The maximum Gasteiger partial charge on any atom is 0.433 e. The summed E-state index contributed by atoms with van der Waals surface area (Å²) in [6.07, 6.45) is 0.228. The maximum absolute atomic E-state index is 10.8. The molecular weight excluding hydrogens is 282 g/mol. The van der Waals surface area contributed by atoms with Crippen LogP contribution in [-0.2, 0) is 11.2 Å². The monoisotopic (exact) mass is 295 g/mol. The second-order valence-corrected chi connectivity index (χ2v) is 5.31. The lowest BCUT2D eigenvalue weighted by atomic mass is 9.86. The fraction of sp³-hybridized carbons (Fsp3) is 0.417. The van der Waals surface area contributed by atoms with Crippen LogP contribution in [-0.4, -0.2) is 26.2 Å². The summed E-state index contributed by atoms with van der Waals surface area (Å²) in [7, 11) is 0. The summed E-state index contributed by atoms with van der Waals surface area (Å²) >= 11 is 0. The molecule has 0 aliphatic rings. The third kappa shape index (κ3) is 3.65. The van der Waals surface area contributed by atoms with Crippen molar-refractivity contribution in [1.29, 1.82) is 0 Å². The molecule has 1 N–H and O–H groups in total. The zero-order valence-corrected chi connectivity index (χ0v) is 11.4. The zero-order chi connectivity index (χ0) is 15.6. The standard InChI is InChI=1S/C12H13N3O6/c1-12(2,6-10(16)17)5-8-13-14-11(21-8)7-3-4-9(20-7)15(18)19/h3-4H,5-6H2,1-2H3,(H,16,17). The van der Waals surface area contributed by atoms with Gasteiger partial charge < -0.3 is 13.9 Å². The highest BCUT2D eigenvalue weighted by atomic mass is 16.6. The molecule has 0 saturated carbocycles. The topological polar surface area (TPSA) is 132 Å². The van der Waals surface area contributed by atoms with Gasteiger partial charge in [-0.1, -0.05) is 13.8 Å². The molecule has 0 unspecified atom stereocenters. The Labute approximate surface area is 118 Å². The summed E-state index contributed by atoms with van der Waals surface area (Å²) in [5.41, 5.74) is -0.551. The second kappa shape index (κ2) is 5.35. The Kier molecular flexibility index (Phi) is 3.74. The highest BCUT2D eigenvalue weighted by Gasteiger charge is 2.26. The highest BCUT2D eigenvalue weighted by Crippen LogP contribution is 2.28. The van der Waals surface area contributed by atoms with Gasteiger partial charge in [-0.3, -0.25) is 14.9 Å². The average Bonchev–Trinajstić information content (AvgIpc) is 2.93. The number of hydrogen-bond donors (Lipinski definition) is 1. The molecule has 0 amide bonds. The molecule has 0 radical (unpaired) electrons. The van der Waals surface area contributed by atoms with E-state index < -0.39 is 22.2 Å². The Morgan fingerprint density at radius 1 is 1.38 bits per heavy atom. The minimum absolute atomic E-state index is 0.0178. The van der Waals surface area contributed by atoms with Crippen molar-refractivity contribution in [2.24, 2.45) is 5.41 Å². The van der Waals surface area contributed by atoms with Gasteiger partial charge in [-0.25, -0.2) is 0 Å². The summed E-state index contributed by atoms with van der Waals surface area (Å²) in [4.78, 5) is 20.6. The van der Waals surface area contributed by atoms with E-state index in [0.717, 1.165) is 0 Å². The molecule has 9 nitrogen and oxygen atoms in total. The van der Waals surface area contributed by atoms with Crippen molar-refractivity contribution in [2.75, 3.05) is 0 Å². The fourth-order valence-electron chi connectivity index (χ4n) is 1.85. The Hall–Kier alpha value is -2.71. The first-order valence-corrected chi connectivity index (χ1v) is 6.06. The fourth-order valence-corrected chi connectivity index (χ4v) is 1.85. The molecule has 0 bridgehead atoms. The lowest BCUT2D eigenvalue weighted by Gasteiger charge is -2.19. The van der Waals surface area contributed by atoms with Crippen LogP contribution < -0.4 is 0 Å². The number of aromatic nitrogens is 2. The van der Waals surface area contributed by atoms with Gasteiger partial charge in [-0.2, -0.15) is 0 Å². The van der Waals surface area contributed by atoms with Crippen LogP contribution in [0.15, 0.2) is 21.0 Å². The molecule has 0 saturated heterocycles. The van der Waals surface area contributed by atoms with E-state index in [1.54, 1.807) is 13.8 Å². The highest BCUT2D eigenvalue weighted by molar-refractivity contribution is 5.67. The third-order valence-corrected chi connectivity index (χ3v) is 2.71. The van der Waals surface area contributed by atoms with Gasteiger partial charge in [-0.05, 0) is 11.5 Å². The number of aliphatic carboxylic acids is 1. The number of rotatable bonds is 6. The Bertz CT molecular complexity index is 672. The number of nitrogens with zero attached hydrogens (tertiary/aromatic N) is 3. The molecule has 0 aliphatic heterocycles. The van der Waals surface area contributed by atoms with Crippen LogP contribution in [0, 0.1) is 15.5 Å². The van der Waals surface area contributed by atoms with Gasteiger partial charge in [0.25, 0.3) is 5.89 Å². The minimum atomic E-state index is -0.915. The van der Waals surface area contributed by atoms with E-state index in [9.17, 15) is 14.9 Å². The summed E-state index contributed by atoms with van der Waals surface area (Å²) < 4.78 is 10.3. The van der Waals surface area contributed by atoms with Gasteiger partial charge in [0.1, 0.15) is 4.92 Å². The predicted octanol–water partition coefficient (Wildman–Crippen LogP) is 2.28. The van der Waals surface area contributed by atoms with Crippen LogP contribution in [0.25, 0.3) is 11.7 Å². The Morgan fingerprint density at radius 2 is 2.10 bits per heavy atom. The number of carboxylic acid groups (broad SMARTS) is 1. The molecular formula is C12H13N3O6. The number of nitro groups is 1. The van der Waals surface area contributed by atoms with Crippen molar-refractivity contribution < 1.29 is 23.7 Å². The minimum Gasteiger partial charge on any atom is -0.481 e. The molecule has 0 atom stereocenters. The van der Waals surface area contributed by atoms with E-state index in [2.05, 4.69) is 10.2 Å². The molecule has 9 heteroatoms. The van der Waals surface area contributed by atoms with Crippen molar-refractivity contribution >= 4 is 11.9 Å². The van der Waals surface area contributed by atoms with Crippen molar-refractivity contribution in [3.63, 3.8) is 0 Å². The summed E-state index contributed by atoms with van der Waals surface area (Å²) in [5, 5.41) is 26.9. The number of hydrogen-bond acceptors (Lipinski definition) is 7.